The Kier molecular flexibility index (Phi) is 5.74. The third-order valence-electron chi connectivity index (χ3n) is 2.58. The maximum absolute atomic E-state index is 11.9. The molecule has 0 unspecified atom stereocenters. The van der Waals surface area contributed by atoms with Crippen molar-refractivity contribution in [1.29, 1.82) is 0 Å². The molecule has 1 aromatic heterocycles. The smallest absolute Gasteiger partial charge is 0.269 e. The van der Waals surface area contributed by atoms with Crippen LogP contribution in [0.4, 0.5) is 0 Å². The summed E-state index contributed by atoms with van der Waals surface area (Å²) in [5.41, 5.74) is 5.06. The number of carbonyl (C=O) groups is 2. The number of nitrogens with one attached hydrogen (secondary N) is 2. The van der Waals surface area contributed by atoms with E-state index in [4.69, 9.17) is 11.6 Å². The topological polar surface area (TPSA) is 84.0 Å². The highest BCUT2D eigenvalue weighted by Gasteiger charge is 2.16. The van der Waals surface area contributed by atoms with Crippen LogP contribution in [0, 0.1) is 0 Å². The van der Waals surface area contributed by atoms with Gasteiger partial charge in [0.1, 0.15) is 0 Å². The number of aromatic nitrogens is 2. The molecule has 0 saturated carbocycles. The second kappa shape index (κ2) is 7.77. The third-order valence-corrected chi connectivity index (χ3v) is 3.80. The molecule has 0 spiro atoms. The van der Waals surface area contributed by atoms with Gasteiger partial charge < -0.3 is 0 Å². The van der Waals surface area contributed by atoms with Crippen LogP contribution in [-0.2, 0) is 4.79 Å². The van der Waals surface area contributed by atoms with Crippen molar-refractivity contribution in [3.05, 3.63) is 53.3 Å². The van der Waals surface area contributed by atoms with E-state index in [1.54, 1.807) is 43.6 Å². The lowest BCUT2D eigenvalue weighted by atomic mass is 10.2. The Hall–Kier alpha value is -2.12. The highest BCUT2D eigenvalue weighted by molar-refractivity contribution is 8.00. The minimum atomic E-state index is -0.456. The van der Waals surface area contributed by atoms with E-state index in [0.29, 0.717) is 15.7 Å². The van der Waals surface area contributed by atoms with Gasteiger partial charge >= 0.3 is 0 Å². The fourth-order valence-electron chi connectivity index (χ4n) is 1.48. The van der Waals surface area contributed by atoms with Gasteiger partial charge in [-0.2, -0.15) is 0 Å². The first-order valence-corrected chi connectivity index (χ1v) is 7.61. The molecule has 114 valence electrons. The van der Waals surface area contributed by atoms with Crippen LogP contribution in [0.3, 0.4) is 0 Å². The molecule has 0 fully saturated rings. The van der Waals surface area contributed by atoms with Gasteiger partial charge in [-0.15, -0.1) is 0 Å². The summed E-state index contributed by atoms with van der Waals surface area (Å²) in [6, 6.07) is 8.13. The number of hydrogen-bond donors (Lipinski definition) is 2. The summed E-state index contributed by atoms with van der Waals surface area (Å²) in [6.07, 6.45) is 3.20. The summed E-state index contributed by atoms with van der Waals surface area (Å²) in [5.74, 6) is -0.795. The number of nitrogens with zero attached hydrogens (tertiary/aromatic N) is 2. The lowest BCUT2D eigenvalue weighted by Crippen LogP contribution is -2.44. The van der Waals surface area contributed by atoms with Gasteiger partial charge in [0.2, 0.25) is 0 Å². The normalized spacial score (nSPS) is 11.5. The van der Waals surface area contributed by atoms with Gasteiger partial charge in [0.05, 0.1) is 5.25 Å². The summed E-state index contributed by atoms with van der Waals surface area (Å²) in [7, 11) is 0. The van der Waals surface area contributed by atoms with Crippen LogP contribution in [-0.4, -0.2) is 27.0 Å². The Morgan fingerprint density at radius 1 is 1.18 bits per heavy atom. The summed E-state index contributed by atoms with van der Waals surface area (Å²) in [4.78, 5) is 31.8. The number of rotatable bonds is 4. The summed E-state index contributed by atoms with van der Waals surface area (Å²) in [6.45, 7) is 1.70. The quantitative estimate of drug-likeness (QED) is 0.507. The minimum Gasteiger partial charge on any atom is -0.272 e. The fourth-order valence-corrected chi connectivity index (χ4v) is 2.40. The second-order valence-electron chi connectivity index (χ2n) is 4.25. The van der Waals surface area contributed by atoms with Gasteiger partial charge in [-0.25, -0.2) is 9.97 Å². The number of hydrogen-bond acceptors (Lipinski definition) is 5. The van der Waals surface area contributed by atoms with E-state index in [1.807, 2.05) is 0 Å². The third kappa shape index (κ3) is 4.71. The maximum Gasteiger partial charge on any atom is 0.269 e. The molecule has 0 aliphatic carbocycles. The van der Waals surface area contributed by atoms with E-state index in [-0.39, 0.29) is 5.91 Å². The number of amides is 2. The fraction of sp³-hybridized carbons (Fsp3) is 0.143. The molecule has 1 aromatic carbocycles. The predicted molar refractivity (Wildman–Crippen MR) is 84.4 cm³/mol. The molecular weight excluding hydrogens is 324 g/mol. The van der Waals surface area contributed by atoms with E-state index in [2.05, 4.69) is 20.8 Å². The average Bonchev–Trinajstić information content (AvgIpc) is 2.53. The van der Waals surface area contributed by atoms with Crippen LogP contribution in [0.1, 0.15) is 17.3 Å². The number of halogens is 1. The Labute approximate surface area is 136 Å². The van der Waals surface area contributed by atoms with Crippen molar-refractivity contribution < 1.29 is 9.59 Å². The SMILES string of the molecule is C[C@H](Sc1ncccn1)C(=O)NNC(=O)c1cccc(Cl)c1. The Balaban J connectivity index is 1.85. The molecule has 0 aliphatic heterocycles. The first kappa shape index (κ1) is 16.3. The molecule has 6 nitrogen and oxygen atoms in total. The first-order chi connectivity index (χ1) is 10.6. The standard InChI is InChI=1S/C14H13ClN4O2S/c1-9(22-14-16-6-3-7-17-14)12(20)18-19-13(21)10-4-2-5-11(15)8-10/h2-9H,1H3,(H,18,20)(H,19,21)/t9-/m0/s1. The molecular formula is C14H13ClN4O2S. The Morgan fingerprint density at radius 2 is 1.91 bits per heavy atom. The van der Waals surface area contributed by atoms with E-state index < -0.39 is 11.2 Å². The van der Waals surface area contributed by atoms with Crippen molar-refractivity contribution >= 4 is 35.2 Å². The van der Waals surface area contributed by atoms with Crippen molar-refractivity contribution in [3.8, 4) is 0 Å². The Bertz CT molecular complexity index is 669. The molecule has 2 amide bonds. The molecule has 2 N–H and O–H groups in total. The van der Waals surface area contributed by atoms with Crippen LogP contribution in [0.2, 0.25) is 5.02 Å². The molecule has 0 saturated heterocycles. The van der Waals surface area contributed by atoms with Gasteiger partial charge in [0, 0.05) is 23.0 Å². The average molecular weight is 337 g/mol. The number of carbonyl (C=O) groups excluding carboxylic acids is 2. The molecule has 1 atom stereocenters. The molecule has 2 aromatic rings. The van der Waals surface area contributed by atoms with Gasteiger partial charge in [0.15, 0.2) is 5.16 Å². The Morgan fingerprint density at radius 3 is 2.59 bits per heavy atom. The van der Waals surface area contributed by atoms with Gasteiger partial charge in [-0.1, -0.05) is 29.4 Å². The van der Waals surface area contributed by atoms with Gasteiger partial charge in [0.25, 0.3) is 11.8 Å². The van der Waals surface area contributed by atoms with Crippen molar-refractivity contribution in [3.63, 3.8) is 0 Å². The molecule has 0 radical (unpaired) electrons. The molecule has 0 bridgehead atoms. The van der Waals surface area contributed by atoms with Crippen LogP contribution in [0.5, 0.6) is 0 Å². The summed E-state index contributed by atoms with van der Waals surface area (Å²) >= 11 is 7.00. The summed E-state index contributed by atoms with van der Waals surface area (Å²) < 4.78 is 0. The van der Waals surface area contributed by atoms with E-state index >= 15 is 0 Å². The van der Waals surface area contributed by atoms with Gasteiger partial charge in [-0.05, 0) is 31.2 Å². The van der Waals surface area contributed by atoms with Crippen molar-refractivity contribution in [2.45, 2.75) is 17.3 Å². The zero-order valence-corrected chi connectivity index (χ0v) is 13.2. The van der Waals surface area contributed by atoms with Crippen LogP contribution >= 0.6 is 23.4 Å². The second-order valence-corrected chi connectivity index (χ2v) is 5.99. The molecule has 8 heteroatoms. The van der Waals surface area contributed by atoms with E-state index in [0.717, 1.165) is 0 Å². The highest BCUT2D eigenvalue weighted by Crippen LogP contribution is 2.17. The van der Waals surface area contributed by atoms with Crippen molar-refractivity contribution in [1.82, 2.24) is 20.8 Å². The highest BCUT2D eigenvalue weighted by atomic mass is 35.5. The van der Waals surface area contributed by atoms with Crippen LogP contribution in [0.25, 0.3) is 0 Å². The lowest BCUT2D eigenvalue weighted by Gasteiger charge is -2.11. The van der Waals surface area contributed by atoms with Crippen LogP contribution < -0.4 is 10.9 Å². The first-order valence-electron chi connectivity index (χ1n) is 6.35. The van der Waals surface area contributed by atoms with Crippen molar-refractivity contribution in [2.75, 3.05) is 0 Å². The number of hydrazine groups is 1. The maximum atomic E-state index is 11.9. The van der Waals surface area contributed by atoms with Crippen LogP contribution in [0.15, 0.2) is 47.9 Å². The zero-order valence-electron chi connectivity index (χ0n) is 11.6. The monoisotopic (exact) mass is 336 g/mol. The number of thioether (sulfide) groups is 1. The zero-order chi connectivity index (χ0) is 15.9. The van der Waals surface area contributed by atoms with Gasteiger partial charge in [-0.3, -0.25) is 20.4 Å². The van der Waals surface area contributed by atoms with E-state index in [9.17, 15) is 9.59 Å². The molecule has 0 aliphatic rings. The van der Waals surface area contributed by atoms with Crippen molar-refractivity contribution in [2.24, 2.45) is 0 Å². The van der Waals surface area contributed by atoms with E-state index in [1.165, 1.54) is 17.8 Å². The minimum absolute atomic E-state index is 0.354. The predicted octanol–water partition coefficient (Wildman–Crippen LogP) is 2.07. The molecule has 22 heavy (non-hydrogen) atoms. The largest absolute Gasteiger partial charge is 0.272 e. The number of benzene rings is 1. The molecule has 2 rings (SSSR count). The lowest BCUT2D eigenvalue weighted by molar-refractivity contribution is -0.121. The molecule has 1 heterocycles. The summed E-state index contributed by atoms with van der Waals surface area (Å²) in [5, 5.41) is 0.484.